The molecule has 0 aromatic heterocycles. The van der Waals surface area contributed by atoms with Crippen LogP contribution >= 0.6 is 11.6 Å². The third-order valence-corrected chi connectivity index (χ3v) is 5.54. The van der Waals surface area contributed by atoms with E-state index < -0.39 is 0 Å². The van der Waals surface area contributed by atoms with Crippen LogP contribution in [0.1, 0.15) is 38.3 Å². The average molecular weight is 371 g/mol. The van der Waals surface area contributed by atoms with Gasteiger partial charge in [-0.2, -0.15) is 0 Å². The summed E-state index contributed by atoms with van der Waals surface area (Å²) in [5, 5.41) is 0.849. The van der Waals surface area contributed by atoms with Crippen LogP contribution in [0.2, 0.25) is 5.02 Å². The van der Waals surface area contributed by atoms with Gasteiger partial charge >= 0.3 is 0 Å². The van der Waals surface area contributed by atoms with E-state index in [-0.39, 0.29) is 0 Å². The van der Waals surface area contributed by atoms with Gasteiger partial charge in [-0.1, -0.05) is 36.7 Å². The molecule has 1 heterocycles. The van der Waals surface area contributed by atoms with Crippen LogP contribution in [-0.4, -0.2) is 30.8 Å². The Morgan fingerprint density at radius 1 is 1.38 bits per heavy atom. The van der Waals surface area contributed by atoms with E-state index in [1.807, 2.05) is 13.0 Å². The largest absolute Gasteiger partial charge is 0.481 e. The lowest BCUT2D eigenvalue weighted by atomic mass is 9.87. The Kier molecular flexibility index (Phi) is 5.57. The minimum atomic E-state index is 0.453. The molecule has 0 bridgehead atoms. The molecule has 0 radical (unpaired) electrons. The van der Waals surface area contributed by atoms with Gasteiger partial charge in [0.05, 0.1) is 12.1 Å². The number of methoxy groups -OCH3 is 1. The van der Waals surface area contributed by atoms with Crippen molar-refractivity contribution in [3.05, 3.63) is 64.0 Å². The van der Waals surface area contributed by atoms with Gasteiger partial charge in [0.25, 0.3) is 0 Å². The maximum atomic E-state index is 6.57. The van der Waals surface area contributed by atoms with E-state index in [1.54, 1.807) is 7.11 Å². The number of hydrogen-bond donors (Lipinski definition) is 0. The van der Waals surface area contributed by atoms with Crippen molar-refractivity contribution in [3.8, 4) is 0 Å². The van der Waals surface area contributed by atoms with Gasteiger partial charge in [-0.3, -0.25) is 0 Å². The zero-order valence-electron chi connectivity index (χ0n) is 16.1. The molecule has 0 saturated heterocycles. The van der Waals surface area contributed by atoms with Crippen molar-refractivity contribution >= 4 is 23.0 Å². The molecule has 0 fully saturated rings. The molecule has 1 aromatic carbocycles. The molecule has 0 amide bonds. The van der Waals surface area contributed by atoms with Gasteiger partial charge in [0.2, 0.25) is 5.88 Å². The first kappa shape index (κ1) is 18.8. The molecule has 1 aliphatic carbocycles. The van der Waals surface area contributed by atoms with Gasteiger partial charge in [0.1, 0.15) is 0 Å². The molecule has 4 heteroatoms. The highest BCUT2D eigenvalue weighted by atomic mass is 35.5. The number of nitrogens with zero attached hydrogens (tertiary/aromatic N) is 2. The van der Waals surface area contributed by atoms with Crippen LogP contribution in [0.25, 0.3) is 5.70 Å². The summed E-state index contributed by atoms with van der Waals surface area (Å²) in [4.78, 5) is 6.91. The van der Waals surface area contributed by atoms with Crippen molar-refractivity contribution in [2.75, 3.05) is 20.2 Å². The third kappa shape index (κ3) is 3.73. The summed E-state index contributed by atoms with van der Waals surface area (Å²) in [7, 11) is 1.60. The predicted octanol–water partition coefficient (Wildman–Crippen LogP) is 5.47. The van der Waals surface area contributed by atoms with Crippen LogP contribution in [0.15, 0.2) is 52.9 Å². The van der Waals surface area contributed by atoms with Crippen LogP contribution in [0.5, 0.6) is 0 Å². The fourth-order valence-corrected chi connectivity index (χ4v) is 4.26. The van der Waals surface area contributed by atoms with Crippen LogP contribution < -0.4 is 0 Å². The molecule has 1 unspecified atom stereocenters. The van der Waals surface area contributed by atoms with Crippen molar-refractivity contribution in [1.82, 2.24) is 4.90 Å². The zero-order valence-corrected chi connectivity index (χ0v) is 16.9. The first-order valence-electron chi connectivity index (χ1n) is 9.12. The van der Waals surface area contributed by atoms with Gasteiger partial charge in [-0.15, -0.1) is 0 Å². The summed E-state index contributed by atoms with van der Waals surface area (Å²) in [6.07, 6.45) is 4.39. The molecular formula is C22H27ClN2O. The van der Waals surface area contributed by atoms with Crippen molar-refractivity contribution < 1.29 is 4.74 Å². The van der Waals surface area contributed by atoms with E-state index in [1.165, 1.54) is 28.0 Å². The Morgan fingerprint density at radius 3 is 2.85 bits per heavy atom. The molecule has 0 N–H and O–H groups in total. The summed E-state index contributed by atoms with van der Waals surface area (Å²) in [6, 6.07) is 6.25. The number of fused-ring (bicyclic) bond motifs is 1. The molecule has 1 aromatic rings. The Bertz CT molecular complexity index is 819. The molecule has 3 rings (SSSR count). The summed E-state index contributed by atoms with van der Waals surface area (Å²) >= 11 is 6.57. The summed E-state index contributed by atoms with van der Waals surface area (Å²) in [5.74, 6) is 0.977. The molecule has 3 nitrogen and oxygen atoms in total. The summed E-state index contributed by atoms with van der Waals surface area (Å²) in [5.41, 5.74) is 7.49. The standard InChI is InChI=1S/C22H27ClN2O/c1-14-11-18-7-6-8-20(23)22(18)21(12-14)25-10-9-19(15(2)13-25)16(3)24-17(4)26-5/h6-8,12,14H,4,9-11,13H2,1-3,5H3. The van der Waals surface area contributed by atoms with Crippen LogP contribution in [0.4, 0.5) is 0 Å². The van der Waals surface area contributed by atoms with Crippen molar-refractivity contribution in [1.29, 1.82) is 0 Å². The van der Waals surface area contributed by atoms with Crippen molar-refractivity contribution in [2.45, 2.75) is 33.6 Å². The monoisotopic (exact) mass is 370 g/mol. The molecule has 0 saturated carbocycles. The quantitative estimate of drug-likeness (QED) is 0.518. The van der Waals surface area contributed by atoms with E-state index in [4.69, 9.17) is 16.3 Å². The molecular weight excluding hydrogens is 344 g/mol. The first-order valence-corrected chi connectivity index (χ1v) is 9.50. The maximum absolute atomic E-state index is 6.57. The highest BCUT2D eigenvalue weighted by molar-refractivity contribution is 6.32. The van der Waals surface area contributed by atoms with Crippen molar-refractivity contribution in [2.24, 2.45) is 10.9 Å². The lowest BCUT2D eigenvalue weighted by Gasteiger charge is -2.37. The molecule has 0 spiro atoms. The van der Waals surface area contributed by atoms with E-state index in [0.29, 0.717) is 11.8 Å². The minimum absolute atomic E-state index is 0.453. The number of rotatable bonds is 4. The van der Waals surface area contributed by atoms with Gasteiger partial charge < -0.3 is 9.64 Å². The second kappa shape index (κ2) is 7.71. The van der Waals surface area contributed by atoms with Crippen LogP contribution in [-0.2, 0) is 11.2 Å². The number of ether oxygens (including phenoxy) is 1. The van der Waals surface area contributed by atoms with Gasteiger partial charge in [0.15, 0.2) is 0 Å². The topological polar surface area (TPSA) is 24.8 Å². The lowest BCUT2D eigenvalue weighted by molar-refractivity contribution is 0.290. The van der Waals surface area contributed by atoms with E-state index in [9.17, 15) is 0 Å². The molecule has 26 heavy (non-hydrogen) atoms. The zero-order chi connectivity index (χ0) is 18.8. The number of aliphatic imine (C=N–C) groups is 1. The second-order valence-electron chi connectivity index (χ2n) is 7.23. The van der Waals surface area contributed by atoms with E-state index in [2.05, 4.69) is 48.5 Å². The molecule has 1 atom stereocenters. The fourth-order valence-electron chi connectivity index (χ4n) is 3.96. The highest BCUT2D eigenvalue weighted by Crippen LogP contribution is 2.38. The van der Waals surface area contributed by atoms with Crippen LogP contribution in [0.3, 0.4) is 0 Å². The van der Waals surface area contributed by atoms with Gasteiger partial charge in [-0.05, 0) is 62.0 Å². The average Bonchev–Trinajstić information content (AvgIpc) is 2.60. The number of halogens is 1. The highest BCUT2D eigenvalue weighted by Gasteiger charge is 2.26. The Balaban J connectivity index is 1.90. The SMILES string of the molecule is C=C(N=C(C)C1=C(C)CN(C2=CC(C)Cc3cccc(Cl)c32)CC1)OC. The molecule has 2 aliphatic rings. The van der Waals surface area contributed by atoms with Crippen LogP contribution in [0, 0.1) is 5.92 Å². The van der Waals surface area contributed by atoms with E-state index >= 15 is 0 Å². The van der Waals surface area contributed by atoms with Gasteiger partial charge in [-0.25, -0.2) is 4.99 Å². The number of hydrogen-bond acceptors (Lipinski definition) is 3. The third-order valence-electron chi connectivity index (χ3n) is 5.22. The fraction of sp³-hybridized carbons (Fsp3) is 0.409. The normalized spacial score (nSPS) is 20.7. The first-order chi connectivity index (χ1) is 12.4. The predicted molar refractivity (Wildman–Crippen MR) is 110 cm³/mol. The van der Waals surface area contributed by atoms with E-state index in [0.717, 1.165) is 36.7 Å². The Labute approximate surface area is 161 Å². The molecule has 138 valence electrons. The number of allylic oxidation sites excluding steroid dienone is 1. The summed E-state index contributed by atoms with van der Waals surface area (Å²) < 4.78 is 5.09. The number of benzene rings is 1. The maximum Gasteiger partial charge on any atom is 0.205 e. The Morgan fingerprint density at radius 2 is 2.15 bits per heavy atom. The van der Waals surface area contributed by atoms with Gasteiger partial charge in [0, 0.05) is 30.1 Å². The summed E-state index contributed by atoms with van der Waals surface area (Å²) in [6.45, 7) is 12.2. The smallest absolute Gasteiger partial charge is 0.205 e. The lowest BCUT2D eigenvalue weighted by Crippen LogP contribution is -2.33. The Hall–Kier alpha value is -2.00. The van der Waals surface area contributed by atoms with Crippen molar-refractivity contribution in [3.63, 3.8) is 0 Å². The second-order valence-corrected chi connectivity index (χ2v) is 7.64. The minimum Gasteiger partial charge on any atom is -0.481 e. The molecule has 1 aliphatic heterocycles.